The number of hydrogen-bond acceptors (Lipinski definition) is 4. The lowest BCUT2D eigenvalue weighted by Gasteiger charge is -2.25. The van der Waals surface area contributed by atoms with E-state index in [2.05, 4.69) is 31.0 Å². The number of nitrogens with zero attached hydrogens (tertiary/aromatic N) is 3. The molecule has 1 heterocycles. The van der Waals surface area contributed by atoms with Gasteiger partial charge in [0.15, 0.2) is 0 Å². The van der Waals surface area contributed by atoms with Crippen molar-refractivity contribution in [1.82, 2.24) is 10.2 Å². The van der Waals surface area contributed by atoms with Crippen LogP contribution in [0.1, 0.15) is 26.7 Å². The summed E-state index contributed by atoms with van der Waals surface area (Å²) in [6.45, 7) is 6.46. The zero-order chi connectivity index (χ0) is 11.4. The molecule has 4 nitrogen and oxygen atoms in total. The third kappa shape index (κ3) is 3.09. The Labute approximate surface area is 95.6 Å². The van der Waals surface area contributed by atoms with Crippen LogP contribution in [0.4, 0.5) is 6.01 Å². The van der Waals surface area contributed by atoms with Crippen LogP contribution in [-0.2, 0) is 6.42 Å². The van der Waals surface area contributed by atoms with Crippen molar-refractivity contribution >= 4 is 17.6 Å². The molecule has 0 fully saturated rings. The van der Waals surface area contributed by atoms with Gasteiger partial charge in [0, 0.05) is 25.4 Å². The first-order valence-electron chi connectivity index (χ1n) is 5.17. The maximum absolute atomic E-state index is 5.60. The number of alkyl halides is 1. The summed E-state index contributed by atoms with van der Waals surface area (Å²) in [7, 11) is 1.96. The van der Waals surface area contributed by atoms with Gasteiger partial charge in [-0.3, -0.25) is 0 Å². The second kappa shape index (κ2) is 5.35. The van der Waals surface area contributed by atoms with E-state index in [0.717, 1.165) is 0 Å². The predicted molar refractivity (Wildman–Crippen MR) is 61.4 cm³/mol. The second-order valence-electron chi connectivity index (χ2n) is 4.01. The van der Waals surface area contributed by atoms with Crippen molar-refractivity contribution in [2.45, 2.75) is 33.2 Å². The number of rotatable bonds is 5. The summed E-state index contributed by atoms with van der Waals surface area (Å²) in [4.78, 5) is 2.00. The molecule has 1 rings (SSSR count). The zero-order valence-corrected chi connectivity index (χ0v) is 10.5. The molecule has 1 aromatic heterocycles. The molecule has 0 aliphatic carbocycles. The van der Waals surface area contributed by atoms with Crippen molar-refractivity contribution in [2.24, 2.45) is 5.92 Å². The largest absolute Gasteiger partial charge is 0.408 e. The van der Waals surface area contributed by atoms with Crippen LogP contribution in [0.5, 0.6) is 0 Å². The molecule has 1 atom stereocenters. The standard InChI is InChI=1S/C10H18ClN3O/c1-7(2)8(3)14(4)10-13-12-9(15-10)5-6-11/h7-8H,5-6H2,1-4H3. The normalized spacial score (nSPS) is 13.2. The quantitative estimate of drug-likeness (QED) is 0.730. The Kier molecular flexibility index (Phi) is 4.39. The molecule has 0 spiro atoms. The average Bonchev–Trinajstić information content (AvgIpc) is 2.64. The van der Waals surface area contributed by atoms with Gasteiger partial charge in [-0.05, 0) is 12.8 Å². The van der Waals surface area contributed by atoms with E-state index in [4.69, 9.17) is 16.0 Å². The van der Waals surface area contributed by atoms with Crippen molar-refractivity contribution < 1.29 is 4.42 Å². The van der Waals surface area contributed by atoms with Crippen molar-refractivity contribution in [2.75, 3.05) is 17.8 Å². The average molecular weight is 232 g/mol. The Balaban J connectivity index is 2.69. The smallest absolute Gasteiger partial charge is 0.318 e. The van der Waals surface area contributed by atoms with E-state index in [9.17, 15) is 0 Å². The predicted octanol–water partition coefficient (Wildman–Crippen LogP) is 2.33. The van der Waals surface area contributed by atoms with Gasteiger partial charge < -0.3 is 9.32 Å². The lowest BCUT2D eigenvalue weighted by molar-refractivity contribution is 0.442. The number of anilines is 1. The summed E-state index contributed by atoms with van der Waals surface area (Å²) >= 11 is 5.60. The summed E-state index contributed by atoms with van der Waals surface area (Å²) < 4.78 is 5.48. The molecule has 15 heavy (non-hydrogen) atoms. The number of aryl methyl sites for hydroxylation is 1. The number of aromatic nitrogens is 2. The molecule has 0 saturated carbocycles. The van der Waals surface area contributed by atoms with Gasteiger partial charge in [0.05, 0.1) is 0 Å². The molecule has 0 amide bonds. The van der Waals surface area contributed by atoms with E-state index < -0.39 is 0 Å². The molecule has 0 aliphatic heterocycles. The molecule has 0 aromatic carbocycles. The Morgan fingerprint density at radius 2 is 2.00 bits per heavy atom. The van der Waals surface area contributed by atoms with Crippen LogP contribution >= 0.6 is 11.6 Å². The molecule has 0 bridgehead atoms. The van der Waals surface area contributed by atoms with E-state index >= 15 is 0 Å². The van der Waals surface area contributed by atoms with E-state index in [0.29, 0.717) is 36.2 Å². The molecule has 1 aromatic rings. The Bertz CT molecular complexity index is 301. The maximum atomic E-state index is 5.60. The zero-order valence-electron chi connectivity index (χ0n) is 9.70. The van der Waals surface area contributed by atoms with Gasteiger partial charge in [-0.25, -0.2) is 0 Å². The van der Waals surface area contributed by atoms with Gasteiger partial charge >= 0.3 is 6.01 Å². The van der Waals surface area contributed by atoms with Crippen LogP contribution in [-0.4, -0.2) is 29.2 Å². The van der Waals surface area contributed by atoms with Gasteiger partial charge in [-0.1, -0.05) is 18.9 Å². The SMILES string of the molecule is CC(C)C(C)N(C)c1nnc(CCCl)o1. The molecule has 0 saturated heterocycles. The fourth-order valence-corrected chi connectivity index (χ4v) is 1.35. The van der Waals surface area contributed by atoms with Crippen LogP contribution < -0.4 is 4.90 Å². The van der Waals surface area contributed by atoms with E-state index in [1.807, 2.05) is 11.9 Å². The first kappa shape index (κ1) is 12.3. The van der Waals surface area contributed by atoms with Crippen molar-refractivity contribution in [3.05, 3.63) is 5.89 Å². The molecule has 0 aliphatic rings. The molecule has 86 valence electrons. The minimum absolute atomic E-state index is 0.370. The summed E-state index contributed by atoms with van der Waals surface area (Å²) in [6.07, 6.45) is 0.623. The first-order chi connectivity index (χ1) is 7.06. The lowest BCUT2D eigenvalue weighted by atomic mass is 10.1. The lowest BCUT2D eigenvalue weighted by Crippen LogP contribution is -2.33. The fraction of sp³-hybridized carbons (Fsp3) is 0.800. The Morgan fingerprint density at radius 3 is 2.53 bits per heavy atom. The van der Waals surface area contributed by atoms with Crippen LogP contribution in [0.2, 0.25) is 0 Å². The Hall–Kier alpha value is -0.770. The molecule has 0 radical (unpaired) electrons. The third-order valence-electron chi connectivity index (χ3n) is 2.64. The van der Waals surface area contributed by atoms with Crippen molar-refractivity contribution in [3.8, 4) is 0 Å². The molecule has 1 unspecified atom stereocenters. The van der Waals surface area contributed by atoms with Crippen LogP contribution in [0.3, 0.4) is 0 Å². The van der Waals surface area contributed by atoms with E-state index in [1.54, 1.807) is 0 Å². The van der Waals surface area contributed by atoms with Gasteiger partial charge in [0.25, 0.3) is 0 Å². The molecular weight excluding hydrogens is 214 g/mol. The number of halogens is 1. The van der Waals surface area contributed by atoms with Gasteiger partial charge in [0.2, 0.25) is 5.89 Å². The summed E-state index contributed by atoms with van der Waals surface area (Å²) in [5.74, 6) is 1.65. The molecular formula is C10H18ClN3O. The van der Waals surface area contributed by atoms with Crippen molar-refractivity contribution in [1.29, 1.82) is 0 Å². The summed E-state index contributed by atoms with van der Waals surface area (Å²) in [5, 5.41) is 7.91. The summed E-state index contributed by atoms with van der Waals surface area (Å²) in [5.41, 5.74) is 0. The molecule has 0 N–H and O–H groups in total. The second-order valence-corrected chi connectivity index (χ2v) is 4.39. The highest BCUT2D eigenvalue weighted by atomic mass is 35.5. The van der Waals surface area contributed by atoms with E-state index in [-0.39, 0.29) is 0 Å². The third-order valence-corrected chi connectivity index (χ3v) is 2.83. The highest BCUT2D eigenvalue weighted by Crippen LogP contribution is 2.17. The first-order valence-corrected chi connectivity index (χ1v) is 5.71. The van der Waals surface area contributed by atoms with Crippen LogP contribution in [0.25, 0.3) is 0 Å². The fourth-order valence-electron chi connectivity index (χ4n) is 1.19. The topological polar surface area (TPSA) is 42.2 Å². The van der Waals surface area contributed by atoms with Crippen LogP contribution in [0, 0.1) is 5.92 Å². The van der Waals surface area contributed by atoms with Crippen LogP contribution in [0.15, 0.2) is 4.42 Å². The van der Waals surface area contributed by atoms with Gasteiger partial charge in [-0.15, -0.1) is 16.7 Å². The monoisotopic (exact) mass is 231 g/mol. The molecule has 5 heteroatoms. The highest BCUT2D eigenvalue weighted by Gasteiger charge is 2.18. The summed E-state index contributed by atoms with van der Waals surface area (Å²) in [6, 6.07) is 0.936. The van der Waals surface area contributed by atoms with E-state index in [1.165, 1.54) is 0 Å². The van der Waals surface area contributed by atoms with Gasteiger partial charge in [-0.2, -0.15) is 0 Å². The Morgan fingerprint density at radius 1 is 1.33 bits per heavy atom. The number of hydrogen-bond donors (Lipinski definition) is 0. The minimum Gasteiger partial charge on any atom is -0.408 e. The minimum atomic E-state index is 0.370. The van der Waals surface area contributed by atoms with Gasteiger partial charge in [0.1, 0.15) is 0 Å². The maximum Gasteiger partial charge on any atom is 0.318 e. The highest BCUT2D eigenvalue weighted by molar-refractivity contribution is 6.17. The van der Waals surface area contributed by atoms with Crippen molar-refractivity contribution in [3.63, 3.8) is 0 Å².